The van der Waals surface area contributed by atoms with Crippen molar-refractivity contribution in [3.8, 4) is 11.3 Å². The normalized spacial score (nSPS) is 16.4. The number of rotatable bonds is 9. The predicted octanol–water partition coefficient (Wildman–Crippen LogP) is 2.84. The van der Waals surface area contributed by atoms with Crippen molar-refractivity contribution >= 4 is 18.0 Å². The molecule has 1 aliphatic rings. The Bertz CT molecular complexity index is 975. The van der Waals surface area contributed by atoms with E-state index in [0.717, 1.165) is 5.69 Å². The lowest BCUT2D eigenvalue weighted by atomic mass is 9.97. The average molecular weight is 460 g/mol. The topological polar surface area (TPSA) is 116 Å². The molecule has 1 aliphatic heterocycles. The number of ether oxygens (including phenoxy) is 1. The van der Waals surface area contributed by atoms with Crippen LogP contribution < -0.4 is 4.90 Å². The van der Waals surface area contributed by atoms with E-state index in [9.17, 15) is 19.4 Å². The Morgan fingerprint density at radius 2 is 1.85 bits per heavy atom. The molecule has 178 valence electrons. The third-order valence-corrected chi connectivity index (χ3v) is 5.33. The Morgan fingerprint density at radius 3 is 2.45 bits per heavy atom. The molecule has 0 amide bonds. The Labute approximate surface area is 192 Å². The fourth-order valence-corrected chi connectivity index (χ4v) is 3.66. The number of anilines is 1. The molecule has 0 bridgehead atoms. The van der Waals surface area contributed by atoms with Crippen LogP contribution in [0.25, 0.3) is 17.3 Å². The number of benzene rings is 1. The van der Waals surface area contributed by atoms with Gasteiger partial charge in [0.25, 0.3) is 0 Å². The van der Waals surface area contributed by atoms with E-state index in [1.807, 2.05) is 18.7 Å². The molecule has 9 heteroatoms. The van der Waals surface area contributed by atoms with Gasteiger partial charge in [0.1, 0.15) is 5.82 Å². The average Bonchev–Trinajstić information content (AvgIpc) is 2.77. The third-order valence-electron chi connectivity index (χ3n) is 5.33. The van der Waals surface area contributed by atoms with Crippen molar-refractivity contribution in [3.05, 3.63) is 47.4 Å². The number of aliphatic carboxylic acids is 1. The molecule has 2 heterocycles. The van der Waals surface area contributed by atoms with Crippen molar-refractivity contribution in [1.29, 1.82) is 0 Å². The minimum absolute atomic E-state index is 0.0291. The minimum atomic E-state index is -1.16. The van der Waals surface area contributed by atoms with Crippen LogP contribution in [-0.2, 0) is 9.53 Å². The molecule has 1 aromatic carbocycles. The predicted molar refractivity (Wildman–Crippen MR) is 122 cm³/mol. The van der Waals surface area contributed by atoms with Crippen LogP contribution in [0.2, 0.25) is 0 Å². The molecule has 33 heavy (non-hydrogen) atoms. The van der Waals surface area contributed by atoms with E-state index in [0.29, 0.717) is 49.1 Å². The Kier molecular flexibility index (Phi) is 8.49. The standard InChI is InChI=1S/C24H30FN3O5/c1-15(2)22-20(8-7-18(29)13-19(30)14-21(31)32)23(16-3-5-17(25)6-4-16)27-24(26-22)28-9-11-33-12-10-28/h3-8,15,18-19,29-30H,9-14H2,1-2H3,(H,31,32)/t18-,19-/m1/s1. The van der Waals surface area contributed by atoms with Crippen LogP contribution in [0.4, 0.5) is 10.3 Å². The number of halogens is 1. The summed E-state index contributed by atoms with van der Waals surface area (Å²) < 4.78 is 19.0. The molecule has 2 aromatic rings. The largest absolute Gasteiger partial charge is 0.481 e. The molecule has 0 spiro atoms. The van der Waals surface area contributed by atoms with Gasteiger partial charge >= 0.3 is 5.97 Å². The van der Waals surface area contributed by atoms with Crippen molar-refractivity contribution in [1.82, 2.24) is 9.97 Å². The van der Waals surface area contributed by atoms with Gasteiger partial charge in [-0.2, -0.15) is 0 Å². The first-order valence-corrected chi connectivity index (χ1v) is 11.0. The number of aliphatic hydroxyl groups is 2. The van der Waals surface area contributed by atoms with E-state index < -0.39 is 24.6 Å². The first-order valence-electron chi connectivity index (χ1n) is 11.0. The number of hydrogen-bond donors (Lipinski definition) is 3. The number of carbonyl (C=O) groups is 1. The molecule has 0 saturated carbocycles. The van der Waals surface area contributed by atoms with Gasteiger partial charge in [-0.3, -0.25) is 4.79 Å². The molecule has 0 unspecified atom stereocenters. The SMILES string of the molecule is CC(C)c1nc(N2CCOCC2)nc(-c2ccc(F)cc2)c1C=C[C@@H](O)C[C@@H](O)CC(=O)O. The molecule has 1 aromatic heterocycles. The smallest absolute Gasteiger partial charge is 0.305 e. The number of carboxylic acid groups (broad SMARTS) is 1. The van der Waals surface area contributed by atoms with Gasteiger partial charge in [-0.1, -0.05) is 26.0 Å². The molecule has 8 nitrogen and oxygen atoms in total. The first-order chi connectivity index (χ1) is 15.7. The molecular formula is C24H30FN3O5. The zero-order valence-corrected chi connectivity index (χ0v) is 18.8. The highest BCUT2D eigenvalue weighted by Gasteiger charge is 2.22. The zero-order chi connectivity index (χ0) is 24.0. The van der Waals surface area contributed by atoms with Crippen LogP contribution in [0.1, 0.15) is 43.9 Å². The summed E-state index contributed by atoms with van der Waals surface area (Å²) in [5.74, 6) is -0.894. The summed E-state index contributed by atoms with van der Waals surface area (Å²) in [5.41, 5.74) is 2.75. The van der Waals surface area contributed by atoms with E-state index in [1.54, 1.807) is 18.2 Å². The number of aromatic nitrogens is 2. The second-order valence-corrected chi connectivity index (χ2v) is 8.35. The molecule has 3 rings (SSSR count). The Morgan fingerprint density at radius 1 is 1.18 bits per heavy atom. The van der Waals surface area contributed by atoms with E-state index in [-0.39, 0.29) is 18.2 Å². The number of hydrogen-bond acceptors (Lipinski definition) is 7. The van der Waals surface area contributed by atoms with Crippen molar-refractivity contribution in [2.45, 2.75) is 44.8 Å². The fourth-order valence-electron chi connectivity index (χ4n) is 3.66. The van der Waals surface area contributed by atoms with E-state index >= 15 is 0 Å². The van der Waals surface area contributed by atoms with E-state index in [2.05, 4.69) is 0 Å². The maximum absolute atomic E-state index is 13.6. The summed E-state index contributed by atoms with van der Waals surface area (Å²) in [6.45, 7) is 6.50. The summed E-state index contributed by atoms with van der Waals surface area (Å²) in [7, 11) is 0. The Hall–Kier alpha value is -2.88. The van der Waals surface area contributed by atoms with Crippen LogP contribution in [0, 0.1) is 5.82 Å². The first kappa shape index (κ1) is 24.8. The van der Waals surface area contributed by atoms with Gasteiger partial charge in [0.05, 0.1) is 43.2 Å². The summed E-state index contributed by atoms with van der Waals surface area (Å²) in [4.78, 5) is 22.4. The minimum Gasteiger partial charge on any atom is -0.481 e. The highest BCUT2D eigenvalue weighted by atomic mass is 19.1. The second kappa shape index (κ2) is 11.3. The maximum Gasteiger partial charge on any atom is 0.305 e. The molecule has 1 saturated heterocycles. The van der Waals surface area contributed by atoms with Gasteiger partial charge in [-0.25, -0.2) is 14.4 Å². The van der Waals surface area contributed by atoms with Crippen LogP contribution in [0.3, 0.4) is 0 Å². The monoisotopic (exact) mass is 459 g/mol. The molecule has 0 radical (unpaired) electrons. The van der Waals surface area contributed by atoms with E-state index in [1.165, 1.54) is 18.2 Å². The van der Waals surface area contributed by atoms with Crippen LogP contribution in [-0.4, -0.2) is 69.8 Å². The highest BCUT2D eigenvalue weighted by molar-refractivity contribution is 5.75. The number of carboxylic acids is 1. The van der Waals surface area contributed by atoms with Gasteiger partial charge in [0.2, 0.25) is 5.95 Å². The number of nitrogens with zero attached hydrogens (tertiary/aromatic N) is 3. The third kappa shape index (κ3) is 6.80. The van der Waals surface area contributed by atoms with E-state index in [4.69, 9.17) is 19.8 Å². The van der Waals surface area contributed by atoms with Crippen molar-refractivity contribution in [2.75, 3.05) is 31.2 Å². The molecule has 1 fully saturated rings. The van der Waals surface area contributed by atoms with Crippen molar-refractivity contribution in [3.63, 3.8) is 0 Å². The fraction of sp³-hybridized carbons (Fsp3) is 0.458. The Balaban J connectivity index is 2.02. The number of morpholine rings is 1. The maximum atomic E-state index is 13.6. The van der Waals surface area contributed by atoms with Crippen LogP contribution >= 0.6 is 0 Å². The lowest BCUT2D eigenvalue weighted by molar-refractivity contribution is -0.139. The molecule has 3 N–H and O–H groups in total. The summed E-state index contributed by atoms with van der Waals surface area (Å²) in [6, 6.07) is 6.03. The quantitative estimate of drug-likeness (QED) is 0.524. The summed E-state index contributed by atoms with van der Waals surface area (Å²) in [5, 5.41) is 28.9. The lowest BCUT2D eigenvalue weighted by Gasteiger charge is -2.28. The van der Waals surface area contributed by atoms with Gasteiger partial charge in [0.15, 0.2) is 0 Å². The summed E-state index contributed by atoms with van der Waals surface area (Å²) >= 11 is 0. The zero-order valence-electron chi connectivity index (χ0n) is 18.8. The van der Waals surface area contributed by atoms with Gasteiger partial charge in [0, 0.05) is 30.6 Å². The van der Waals surface area contributed by atoms with Gasteiger partial charge < -0.3 is 25.0 Å². The molecule has 2 atom stereocenters. The summed E-state index contributed by atoms with van der Waals surface area (Å²) in [6.07, 6.45) is 0.410. The van der Waals surface area contributed by atoms with Gasteiger partial charge in [-0.05, 0) is 30.2 Å². The van der Waals surface area contributed by atoms with Crippen molar-refractivity contribution < 1.29 is 29.2 Å². The second-order valence-electron chi connectivity index (χ2n) is 8.35. The van der Waals surface area contributed by atoms with Crippen LogP contribution in [0.5, 0.6) is 0 Å². The van der Waals surface area contributed by atoms with Crippen LogP contribution in [0.15, 0.2) is 30.3 Å². The highest BCUT2D eigenvalue weighted by Crippen LogP contribution is 2.31. The van der Waals surface area contributed by atoms with Crippen molar-refractivity contribution in [2.24, 2.45) is 0 Å². The van der Waals surface area contributed by atoms with Gasteiger partial charge in [-0.15, -0.1) is 0 Å². The lowest BCUT2D eigenvalue weighted by Crippen LogP contribution is -2.37. The molecular weight excluding hydrogens is 429 g/mol. The number of aliphatic hydroxyl groups excluding tert-OH is 2. The molecule has 0 aliphatic carbocycles.